The van der Waals surface area contributed by atoms with Crippen molar-refractivity contribution >= 4 is 29.9 Å². The number of ether oxygens (including phenoxy) is 2. The number of benzene rings is 1. The number of phenols is 1. The Labute approximate surface area is 192 Å². The molecular weight excluding hydrogens is 483 g/mol. The lowest BCUT2D eigenvalue weighted by Gasteiger charge is -2.33. The van der Waals surface area contributed by atoms with Crippen LogP contribution in [0.4, 0.5) is 0 Å². The molecule has 7 nitrogen and oxygen atoms in total. The maximum Gasteiger partial charge on any atom is 0.191 e. The normalized spacial score (nSPS) is 15.6. The Balaban J connectivity index is 0.00000420. The maximum absolute atomic E-state index is 10.1. The first-order valence-corrected chi connectivity index (χ1v) is 10.3. The van der Waals surface area contributed by atoms with Gasteiger partial charge in [0.2, 0.25) is 0 Å². The number of piperidine rings is 1. The molecule has 0 amide bonds. The molecule has 1 fully saturated rings. The minimum Gasteiger partial charge on any atom is -0.508 e. The molecule has 0 unspecified atom stereocenters. The molecule has 1 saturated heterocycles. The van der Waals surface area contributed by atoms with Crippen LogP contribution in [-0.2, 0) is 11.2 Å². The van der Waals surface area contributed by atoms with Gasteiger partial charge in [0.15, 0.2) is 5.96 Å². The first kappa shape index (κ1) is 25.8. The van der Waals surface area contributed by atoms with Crippen LogP contribution in [0.3, 0.4) is 0 Å². The predicted molar refractivity (Wildman–Crippen MR) is 129 cm³/mol. The quantitative estimate of drug-likeness (QED) is 0.191. The van der Waals surface area contributed by atoms with E-state index in [0.29, 0.717) is 24.8 Å². The molecule has 3 N–H and O–H groups in total. The van der Waals surface area contributed by atoms with Gasteiger partial charge < -0.3 is 30.1 Å². The molecule has 1 aliphatic heterocycles. The van der Waals surface area contributed by atoms with Gasteiger partial charge >= 0.3 is 0 Å². The van der Waals surface area contributed by atoms with Crippen molar-refractivity contribution < 1.29 is 14.6 Å². The van der Waals surface area contributed by atoms with Crippen molar-refractivity contribution in [3.63, 3.8) is 0 Å². The van der Waals surface area contributed by atoms with E-state index in [0.717, 1.165) is 63.6 Å². The lowest BCUT2D eigenvalue weighted by Crippen LogP contribution is -2.49. The molecule has 0 aromatic heterocycles. The summed E-state index contributed by atoms with van der Waals surface area (Å²) in [6.07, 6.45) is 4.02. The number of halogens is 1. The van der Waals surface area contributed by atoms with Crippen LogP contribution < -0.4 is 15.4 Å². The number of hydrogen-bond donors (Lipinski definition) is 3. The minimum absolute atomic E-state index is 0. The van der Waals surface area contributed by atoms with Crippen molar-refractivity contribution in [2.24, 2.45) is 4.99 Å². The van der Waals surface area contributed by atoms with Gasteiger partial charge in [0.05, 0.1) is 7.11 Å². The monoisotopic (exact) mass is 520 g/mol. The standard InChI is InChI=1S/C21H36N4O3.HI/c1-4-22-21(23-11-8-17-6-7-19(28-3)16-20(17)26)24-18-9-13-25(14-10-18)12-5-15-27-2;/h6-7,16,18,26H,4-5,8-15H2,1-3H3,(H2,22,23,24);1H. The van der Waals surface area contributed by atoms with E-state index in [9.17, 15) is 5.11 Å². The largest absolute Gasteiger partial charge is 0.508 e. The molecular formula is C21H37IN4O3. The fourth-order valence-corrected chi connectivity index (χ4v) is 3.42. The number of aliphatic imine (C=N–C) groups is 1. The SMILES string of the molecule is CCNC(=NCCc1ccc(OC)cc1O)NC1CCN(CCCOC)CC1.I. The Morgan fingerprint density at radius 1 is 1.28 bits per heavy atom. The first-order chi connectivity index (χ1) is 13.7. The van der Waals surface area contributed by atoms with Crippen LogP contribution in [-0.4, -0.2) is 75.6 Å². The molecule has 2 rings (SSSR count). The molecule has 166 valence electrons. The van der Waals surface area contributed by atoms with E-state index in [-0.39, 0.29) is 29.7 Å². The molecule has 0 spiro atoms. The van der Waals surface area contributed by atoms with Gasteiger partial charge in [0.1, 0.15) is 11.5 Å². The highest BCUT2D eigenvalue weighted by Gasteiger charge is 2.19. The summed E-state index contributed by atoms with van der Waals surface area (Å²) >= 11 is 0. The number of methoxy groups -OCH3 is 2. The number of rotatable bonds is 10. The molecule has 0 aliphatic carbocycles. The van der Waals surface area contributed by atoms with Gasteiger partial charge in [-0.3, -0.25) is 4.99 Å². The van der Waals surface area contributed by atoms with Crippen molar-refractivity contribution in [1.82, 2.24) is 15.5 Å². The van der Waals surface area contributed by atoms with Gasteiger partial charge in [0.25, 0.3) is 0 Å². The summed E-state index contributed by atoms with van der Waals surface area (Å²) in [6.45, 7) is 7.69. The Morgan fingerprint density at radius 3 is 2.66 bits per heavy atom. The van der Waals surface area contributed by atoms with E-state index < -0.39 is 0 Å². The highest BCUT2D eigenvalue weighted by atomic mass is 127. The minimum atomic E-state index is 0. The molecule has 1 aliphatic rings. The van der Waals surface area contributed by atoms with Crippen LogP contribution >= 0.6 is 24.0 Å². The van der Waals surface area contributed by atoms with Gasteiger partial charge in [-0.2, -0.15) is 0 Å². The maximum atomic E-state index is 10.1. The fourth-order valence-electron chi connectivity index (χ4n) is 3.42. The summed E-state index contributed by atoms with van der Waals surface area (Å²) in [4.78, 5) is 7.20. The fraction of sp³-hybridized carbons (Fsp3) is 0.667. The third-order valence-corrected chi connectivity index (χ3v) is 5.04. The van der Waals surface area contributed by atoms with Crippen LogP contribution in [0.15, 0.2) is 23.2 Å². The second-order valence-electron chi connectivity index (χ2n) is 7.11. The third-order valence-electron chi connectivity index (χ3n) is 5.04. The zero-order valence-corrected chi connectivity index (χ0v) is 20.3. The summed E-state index contributed by atoms with van der Waals surface area (Å²) in [6, 6.07) is 5.85. The lowest BCUT2D eigenvalue weighted by molar-refractivity contribution is 0.155. The second kappa shape index (κ2) is 14.7. The number of nitrogens with zero attached hydrogens (tertiary/aromatic N) is 2. The zero-order chi connectivity index (χ0) is 20.2. The van der Waals surface area contributed by atoms with Crippen molar-refractivity contribution in [3.05, 3.63) is 23.8 Å². The average molecular weight is 520 g/mol. The molecule has 29 heavy (non-hydrogen) atoms. The van der Waals surface area contributed by atoms with Crippen molar-refractivity contribution in [3.8, 4) is 11.5 Å². The Bertz CT molecular complexity index is 608. The Hall–Kier alpha value is -1.26. The third kappa shape index (κ3) is 9.39. The van der Waals surface area contributed by atoms with E-state index in [1.54, 1.807) is 20.3 Å². The van der Waals surface area contributed by atoms with E-state index in [2.05, 4.69) is 27.4 Å². The average Bonchev–Trinajstić information content (AvgIpc) is 2.70. The van der Waals surface area contributed by atoms with E-state index >= 15 is 0 Å². The smallest absolute Gasteiger partial charge is 0.191 e. The summed E-state index contributed by atoms with van der Waals surface area (Å²) in [5.74, 6) is 1.77. The van der Waals surface area contributed by atoms with Crippen molar-refractivity contribution in [2.75, 3.05) is 53.6 Å². The highest BCUT2D eigenvalue weighted by Crippen LogP contribution is 2.23. The van der Waals surface area contributed by atoms with Crippen LogP contribution in [0.5, 0.6) is 11.5 Å². The number of phenolic OH excluding ortho intramolecular Hbond substituents is 1. The molecule has 0 bridgehead atoms. The summed E-state index contributed by atoms with van der Waals surface area (Å²) < 4.78 is 10.3. The van der Waals surface area contributed by atoms with Crippen LogP contribution in [0.2, 0.25) is 0 Å². The first-order valence-electron chi connectivity index (χ1n) is 10.3. The molecule has 1 aromatic carbocycles. The summed E-state index contributed by atoms with van der Waals surface area (Å²) in [7, 11) is 3.35. The van der Waals surface area contributed by atoms with Gasteiger partial charge in [-0.1, -0.05) is 6.07 Å². The lowest BCUT2D eigenvalue weighted by atomic mass is 10.1. The highest BCUT2D eigenvalue weighted by molar-refractivity contribution is 14.0. The molecule has 8 heteroatoms. The molecule has 0 radical (unpaired) electrons. The summed E-state index contributed by atoms with van der Waals surface area (Å²) in [5, 5.41) is 17.0. The topological polar surface area (TPSA) is 78.4 Å². The predicted octanol–water partition coefficient (Wildman–Crippen LogP) is 2.62. The van der Waals surface area contributed by atoms with Crippen molar-refractivity contribution in [1.29, 1.82) is 0 Å². The van der Waals surface area contributed by atoms with Gasteiger partial charge in [-0.25, -0.2) is 0 Å². The van der Waals surface area contributed by atoms with E-state index in [1.165, 1.54) is 0 Å². The van der Waals surface area contributed by atoms with E-state index in [4.69, 9.17) is 9.47 Å². The van der Waals surface area contributed by atoms with E-state index in [1.807, 2.05) is 12.1 Å². The van der Waals surface area contributed by atoms with Gasteiger partial charge in [0, 0.05) is 58.5 Å². The number of nitrogens with one attached hydrogen (secondary N) is 2. The van der Waals surface area contributed by atoms with Crippen molar-refractivity contribution in [2.45, 2.75) is 38.6 Å². The number of guanidine groups is 1. The summed E-state index contributed by atoms with van der Waals surface area (Å²) in [5.41, 5.74) is 0.879. The zero-order valence-electron chi connectivity index (χ0n) is 17.9. The van der Waals surface area contributed by atoms with Gasteiger partial charge in [-0.15, -0.1) is 24.0 Å². The van der Waals surface area contributed by atoms with Crippen LogP contribution in [0.25, 0.3) is 0 Å². The number of likely N-dealkylation sites (tertiary alicyclic amines) is 1. The van der Waals surface area contributed by atoms with Crippen LogP contribution in [0, 0.1) is 0 Å². The molecule has 1 heterocycles. The Kier molecular flexibility index (Phi) is 13.0. The number of hydrogen-bond acceptors (Lipinski definition) is 5. The molecule has 0 saturated carbocycles. The number of aromatic hydroxyl groups is 1. The van der Waals surface area contributed by atoms with Crippen LogP contribution in [0.1, 0.15) is 31.7 Å². The second-order valence-corrected chi connectivity index (χ2v) is 7.11. The Morgan fingerprint density at radius 2 is 2.03 bits per heavy atom. The van der Waals surface area contributed by atoms with Gasteiger partial charge in [-0.05, 0) is 44.2 Å². The molecule has 0 atom stereocenters. The molecule has 1 aromatic rings.